The molecule has 0 amide bonds. The second-order valence-corrected chi connectivity index (χ2v) is 12.2. The van der Waals surface area contributed by atoms with E-state index in [0.717, 1.165) is 33.4 Å². The lowest BCUT2D eigenvalue weighted by Crippen LogP contribution is -2.28. The van der Waals surface area contributed by atoms with Crippen molar-refractivity contribution in [2.45, 2.75) is 18.9 Å². The van der Waals surface area contributed by atoms with Crippen molar-refractivity contribution in [2.75, 3.05) is 0 Å². The summed E-state index contributed by atoms with van der Waals surface area (Å²) < 4.78 is 0. The molecule has 7 rings (SSSR count). The zero-order valence-corrected chi connectivity index (χ0v) is 27.5. The van der Waals surface area contributed by atoms with Gasteiger partial charge in [0.25, 0.3) is 0 Å². The second kappa shape index (κ2) is 13.8. The van der Waals surface area contributed by atoms with Crippen molar-refractivity contribution in [2.24, 2.45) is 21.5 Å². The molecule has 0 aromatic heterocycles. The Morgan fingerprint density at radius 2 is 1.10 bits per heavy atom. The van der Waals surface area contributed by atoms with Gasteiger partial charge in [-0.25, -0.2) is 4.99 Å². The Hall–Kier alpha value is -6.26. The number of allylic oxidation sites excluding steroid dienone is 3. The number of nitrogens with zero attached hydrogens (tertiary/aromatic N) is 2. The van der Waals surface area contributed by atoms with Gasteiger partial charge in [-0.3, -0.25) is 4.99 Å². The molecule has 4 nitrogen and oxygen atoms in total. The van der Waals surface area contributed by atoms with Gasteiger partial charge in [0.15, 0.2) is 5.84 Å². The molecule has 6 aromatic rings. The predicted molar refractivity (Wildman–Crippen MR) is 205 cm³/mol. The molecule has 0 aliphatic heterocycles. The van der Waals surface area contributed by atoms with Crippen LogP contribution >= 0.6 is 0 Å². The van der Waals surface area contributed by atoms with Gasteiger partial charge in [-0.15, -0.1) is 0 Å². The zero-order chi connectivity index (χ0) is 33.6. The lowest BCUT2D eigenvalue weighted by Gasteiger charge is -2.34. The average molecular weight is 635 g/mol. The maximum absolute atomic E-state index is 6.73. The van der Waals surface area contributed by atoms with Crippen LogP contribution in [-0.4, -0.2) is 11.7 Å². The van der Waals surface area contributed by atoms with Gasteiger partial charge in [-0.1, -0.05) is 164 Å². The first-order valence-electron chi connectivity index (χ1n) is 16.5. The zero-order valence-electron chi connectivity index (χ0n) is 27.5. The Balaban J connectivity index is 1.32. The Bertz CT molecular complexity index is 2150. The van der Waals surface area contributed by atoms with Crippen molar-refractivity contribution in [3.05, 3.63) is 221 Å². The quantitative estimate of drug-likeness (QED) is 0.0993. The Morgan fingerprint density at radius 1 is 0.592 bits per heavy atom. The maximum atomic E-state index is 6.73. The van der Waals surface area contributed by atoms with Crippen LogP contribution in [0.15, 0.2) is 186 Å². The average Bonchev–Trinajstić information content (AvgIpc) is 3.47. The maximum Gasteiger partial charge on any atom is 0.157 e. The number of nitrogens with two attached hydrogens (primary N) is 2. The fourth-order valence-corrected chi connectivity index (χ4v) is 6.90. The van der Waals surface area contributed by atoms with Gasteiger partial charge < -0.3 is 11.5 Å². The van der Waals surface area contributed by atoms with Gasteiger partial charge in [0, 0.05) is 11.1 Å². The Kier molecular flexibility index (Phi) is 8.86. The lowest BCUT2D eigenvalue weighted by atomic mass is 9.67. The Labute approximate surface area is 288 Å². The molecule has 0 atom stereocenters. The van der Waals surface area contributed by atoms with E-state index in [2.05, 4.69) is 116 Å². The van der Waals surface area contributed by atoms with E-state index in [1.54, 1.807) is 6.20 Å². The van der Waals surface area contributed by atoms with Crippen LogP contribution in [0.4, 0.5) is 0 Å². The first-order valence-corrected chi connectivity index (χ1v) is 16.5. The van der Waals surface area contributed by atoms with E-state index in [0.29, 0.717) is 18.2 Å². The smallest absolute Gasteiger partial charge is 0.157 e. The molecule has 0 heterocycles. The van der Waals surface area contributed by atoms with Gasteiger partial charge in [0.05, 0.1) is 12.0 Å². The third kappa shape index (κ3) is 6.01. The molecule has 0 bridgehead atoms. The predicted octanol–water partition coefficient (Wildman–Crippen LogP) is 9.28. The number of fused-ring (bicyclic) bond motifs is 3. The highest BCUT2D eigenvalue weighted by atomic mass is 15.0. The SMILES string of the molecule is C/C(=C\C=C/N)c1ccc(C2(c3ccc(C(N)=NC(=NCc4ccccc4)c4ccccc4)cc3)c3ccccc3-c3ccccc32)cc1. The monoisotopic (exact) mass is 634 g/mol. The molecule has 1 aliphatic carbocycles. The lowest BCUT2D eigenvalue weighted by molar-refractivity contribution is 0.768. The molecule has 0 saturated carbocycles. The van der Waals surface area contributed by atoms with Crippen LogP contribution < -0.4 is 11.5 Å². The first-order chi connectivity index (χ1) is 24.1. The van der Waals surface area contributed by atoms with Crippen molar-refractivity contribution in [3.8, 4) is 11.1 Å². The molecule has 6 aromatic carbocycles. The third-order valence-corrected chi connectivity index (χ3v) is 9.31. The fourth-order valence-electron chi connectivity index (χ4n) is 6.90. The molecule has 238 valence electrons. The largest absolute Gasteiger partial charge is 0.405 e. The molecule has 4 N–H and O–H groups in total. The molecule has 0 radical (unpaired) electrons. The van der Waals surface area contributed by atoms with Crippen LogP contribution in [0, 0.1) is 0 Å². The highest BCUT2D eigenvalue weighted by Crippen LogP contribution is 2.56. The van der Waals surface area contributed by atoms with Crippen LogP contribution in [0.5, 0.6) is 0 Å². The van der Waals surface area contributed by atoms with E-state index in [1.807, 2.05) is 60.7 Å². The van der Waals surface area contributed by atoms with Crippen molar-refractivity contribution in [1.29, 1.82) is 0 Å². The van der Waals surface area contributed by atoms with Crippen LogP contribution in [0.1, 0.15) is 51.4 Å². The molecule has 0 fully saturated rings. The first kappa shape index (κ1) is 31.3. The molecule has 0 spiro atoms. The standard InChI is InChI=1S/C45H38N4/c1-32(13-12-30-46)34-22-26-37(27-23-34)45(41-20-10-8-18-39(41)40-19-9-11-21-42(40)45)38-28-24-35(25-29-38)43(47)49-44(36-16-6-3-7-17-36)48-31-33-14-4-2-5-15-33/h2-30H,31,46H2,1H3,(H2,47,48,49)/b30-12-,32-13+. The van der Waals surface area contributed by atoms with Gasteiger partial charge in [-0.2, -0.15) is 0 Å². The van der Waals surface area contributed by atoms with Crippen LogP contribution in [-0.2, 0) is 12.0 Å². The van der Waals surface area contributed by atoms with E-state index < -0.39 is 5.41 Å². The number of benzene rings is 6. The van der Waals surface area contributed by atoms with Gasteiger partial charge in [0.2, 0.25) is 0 Å². The summed E-state index contributed by atoms with van der Waals surface area (Å²) in [5.74, 6) is 1.02. The number of aliphatic imine (C=N–C) groups is 2. The minimum Gasteiger partial charge on any atom is -0.405 e. The van der Waals surface area contributed by atoms with E-state index in [1.165, 1.54) is 27.8 Å². The summed E-state index contributed by atoms with van der Waals surface area (Å²) in [6, 6.07) is 55.2. The summed E-state index contributed by atoms with van der Waals surface area (Å²) >= 11 is 0. The minimum absolute atomic E-state index is 0.418. The number of hydrogen-bond acceptors (Lipinski definition) is 2. The van der Waals surface area contributed by atoms with E-state index in [9.17, 15) is 0 Å². The Morgan fingerprint density at radius 3 is 1.67 bits per heavy atom. The minimum atomic E-state index is -0.517. The molecule has 1 aliphatic rings. The molecule has 4 heteroatoms. The van der Waals surface area contributed by atoms with E-state index in [4.69, 9.17) is 21.5 Å². The highest BCUT2D eigenvalue weighted by Gasteiger charge is 2.45. The van der Waals surface area contributed by atoms with Gasteiger partial charge in [0.1, 0.15) is 5.84 Å². The molecular weight excluding hydrogens is 597 g/mol. The number of amidine groups is 2. The van der Waals surface area contributed by atoms with Crippen molar-refractivity contribution < 1.29 is 0 Å². The van der Waals surface area contributed by atoms with Crippen LogP contribution in [0.25, 0.3) is 16.7 Å². The van der Waals surface area contributed by atoms with Gasteiger partial charge >= 0.3 is 0 Å². The molecule has 0 unspecified atom stereocenters. The summed E-state index contributed by atoms with van der Waals surface area (Å²) in [4.78, 5) is 9.76. The van der Waals surface area contributed by atoms with Crippen molar-refractivity contribution >= 4 is 17.2 Å². The third-order valence-electron chi connectivity index (χ3n) is 9.31. The van der Waals surface area contributed by atoms with Crippen molar-refractivity contribution in [1.82, 2.24) is 0 Å². The molecule has 49 heavy (non-hydrogen) atoms. The van der Waals surface area contributed by atoms with E-state index in [-0.39, 0.29) is 0 Å². The van der Waals surface area contributed by atoms with Crippen LogP contribution in [0.2, 0.25) is 0 Å². The summed E-state index contributed by atoms with van der Waals surface area (Å²) in [7, 11) is 0. The summed E-state index contributed by atoms with van der Waals surface area (Å²) in [6.45, 7) is 2.62. The highest BCUT2D eigenvalue weighted by molar-refractivity contribution is 6.11. The summed E-state index contributed by atoms with van der Waals surface area (Å²) in [5, 5.41) is 0. The summed E-state index contributed by atoms with van der Waals surface area (Å²) in [6.07, 6.45) is 5.45. The number of rotatable bonds is 8. The van der Waals surface area contributed by atoms with Crippen molar-refractivity contribution in [3.63, 3.8) is 0 Å². The topological polar surface area (TPSA) is 76.8 Å². The van der Waals surface area contributed by atoms with E-state index >= 15 is 0 Å². The van der Waals surface area contributed by atoms with Gasteiger partial charge in [-0.05, 0) is 69.3 Å². The molecule has 0 saturated heterocycles. The normalized spacial score (nSPS) is 14.1. The summed E-state index contributed by atoms with van der Waals surface area (Å²) in [5.41, 5.74) is 24.4. The molecular formula is C45H38N4. The fraction of sp³-hybridized carbons (Fsp3) is 0.0667. The van der Waals surface area contributed by atoms with Crippen LogP contribution in [0.3, 0.4) is 0 Å². The second-order valence-electron chi connectivity index (χ2n) is 12.2. The number of hydrogen-bond donors (Lipinski definition) is 2.